The van der Waals surface area contributed by atoms with Gasteiger partial charge in [0.15, 0.2) is 0 Å². The molecule has 1 amide bonds. The summed E-state index contributed by atoms with van der Waals surface area (Å²) in [5.41, 5.74) is 7.63. The molecule has 3 rings (SSSR count). The zero-order valence-corrected chi connectivity index (χ0v) is 12.9. The van der Waals surface area contributed by atoms with Crippen LogP contribution in [0.25, 0.3) is 11.0 Å². The molecule has 0 saturated heterocycles. The van der Waals surface area contributed by atoms with E-state index in [4.69, 9.17) is 5.73 Å². The van der Waals surface area contributed by atoms with Gasteiger partial charge >= 0.3 is 0 Å². The second-order valence-corrected chi connectivity index (χ2v) is 6.28. The Balaban J connectivity index is 1.46. The van der Waals surface area contributed by atoms with Gasteiger partial charge in [-0.25, -0.2) is 4.98 Å². The van der Waals surface area contributed by atoms with Crippen LogP contribution in [0.4, 0.5) is 0 Å². The summed E-state index contributed by atoms with van der Waals surface area (Å²) in [6, 6.07) is 8.00. The SMILES string of the molecule is NC1(C(=O)NCCCc2nc3ccccc3[nH]2)CCCCC1. The Morgan fingerprint density at radius 1 is 1.27 bits per heavy atom. The summed E-state index contributed by atoms with van der Waals surface area (Å²) < 4.78 is 0. The van der Waals surface area contributed by atoms with Gasteiger partial charge in [0, 0.05) is 13.0 Å². The number of aromatic nitrogens is 2. The number of nitrogens with zero attached hydrogens (tertiary/aromatic N) is 1. The number of rotatable bonds is 5. The van der Waals surface area contributed by atoms with Gasteiger partial charge in [-0.2, -0.15) is 0 Å². The Hall–Kier alpha value is -1.88. The summed E-state index contributed by atoms with van der Waals surface area (Å²) in [4.78, 5) is 20.1. The number of aryl methyl sites for hydroxylation is 1. The number of amides is 1. The summed E-state index contributed by atoms with van der Waals surface area (Å²) in [6.45, 7) is 0.648. The van der Waals surface area contributed by atoms with Gasteiger partial charge in [0.05, 0.1) is 16.6 Å². The van der Waals surface area contributed by atoms with Gasteiger partial charge in [-0.3, -0.25) is 4.79 Å². The molecule has 22 heavy (non-hydrogen) atoms. The van der Waals surface area contributed by atoms with E-state index in [0.29, 0.717) is 6.54 Å². The van der Waals surface area contributed by atoms with E-state index in [0.717, 1.165) is 55.4 Å². The zero-order valence-electron chi connectivity index (χ0n) is 12.9. The van der Waals surface area contributed by atoms with E-state index in [1.165, 1.54) is 6.42 Å². The van der Waals surface area contributed by atoms with Crippen molar-refractivity contribution < 1.29 is 4.79 Å². The molecule has 1 aliphatic rings. The molecule has 1 aliphatic carbocycles. The minimum atomic E-state index is -0.641. The predicted molar refractivity (Wildman–Crippen MR) is 87.4 cm³/mol. The number of hydrogen-bond donors (Lipinski definition) is 3. The fourth-order valence-electron chi connectivity index (χ4n) is 3.17. The van der Waals surface area contributed by atoms with Crippen molar-refractivity contribution >= 4 is 16.9 Å². The Kier molecular flexibility index (Phi) is 4.43. The molecule has 1 aromatic heterocycles. The fourth-order valence-corrected chi connectivity index (χ4v) is 3.17. The minimum absolute atomic E-state index is 0.0109. The number of carbonyl (C=O) groups excluding carboxylic acids is 1. The second-order valence-electron chi connectivity index (χ2n) is 6.28. The monoisotopic (exact) mass is 300 g/mol. The lowest BCUT2D eigenvalue weighted by molar-refractivity contribution is -0.127. The van der Waals surface area contributed by atoms with Crippen molar-refractivity contribution in [2.24, 2.45) is 5.73 Å². The smallest absolute Gasteiger partial charge is 0.240 e. The fraction of sp³-hybridized carbons (Fsp3) is 0.529. The molecule has 0 unspecified atom stereocenters. The molecule has 0 spiro atoms. The molecule has 1 fully saturated rings. The molecule has 0 atom stereocenters. The number of para-hydroxylation sites is 2. The summed E-state index contributed by atoms with van der Waals surface area (Å²) in [5, 5.41) is 2.99. The number of H-pyrrole nitrogens is 1. The average Bonchev–Trinajstić information content (AvgIpc) is 2.95. The van der Waals surface area contributed by atoms with Crippen molar-refractivity contribution in [3.05, 3.63) is 30.1 Å². The molecule has 1 aromatic carbocycles. The van der Waals surface area contributed by atoms with Crippen molar-refractivity contribution in [2.45, 2.75) is 50.5 Å². The second kappa shape index (κ2) is 6.48. The maximum atomic E-state index is 12.2. The third kappa shape index (κ3) is 3.30. The molecule has 0 aliphatic heterocycles. The summed E-state index contributed by atoms with van der Waals surface area (Å²) in [5.74, 6) is 0.979. The van der Waals surface area contributed by atoms with Gasteiger partial charge in [-0.15, -0.1) is 0 Å². The number of aromatic amines is 1. The molecule has 0 radical (unpaired) electrons. The number of fused-ring (bicyclic) bond motifs is 1. The van der Waals surface area contributed by atoms with Crippen molar-refractivity contribution in [3.63, 3.8) is 0 Å². The third-order valence-electron chi connectivity index (χ3n) is 4.51. The van der Waals surface area contributed by atoms with Crippen LogP contribution in [0.15, 0.2) is 24.3 Å². The highest BCUT2D eigenvalue weighted by Gasteiger charge is 2.34. The number of nitrogens with two attached hydrogens (primary N) is 1. The Bertz CT molecular complexity index is 610. The zero-order chi connectivity index (χ0) is 15.4. The highest BCUT2D eigenvalue weighted by atomic mass is 16.2. The normalized spacial score (nSPS) is 17.5. The average molecular weight is 300 g/mol. The Morgan fingerprint density at radius 3 is 2.82 bits per heavy atom. The van der Waals surface area contributed by atoms with Crippen LogP contribution in [0.5, 0.6) is 0 Å². The molecule has 118 valence electrons. The summed E-state index contributed by atoms with van der Waals surface area (Å²) >= 11 is 0. The third-order valence-corrected chi connectivity index (χ3v) is 4.51. The van der Waals surface area contributed by atoms with Gasteiger partial charge in [0.25, 0.3) is 0 Å². The quantitative estimate of drug-likeness (QED) is 0.741. The summed E-state index contributed by atoms with van der Waals surface area (Å²) in [6.07, 6.45) is 6.61. The van der Waals surface area contributed by atoms with E-state index >= 15 is 0 Å². The van der Waals surface area contributed by atoms with Crippen LogP contribution < -0.4 is 11.1 Å². The number of imidazole rings is 1. The molecule has 5 heteroatoms. The van der Waals surface area contributed by atoms with Crippen LogP contribution >= 0.6 is 0 Å². The molecule has 5 nitrogen and oxygen atoms in total. The highest BCUT2D eigenvalue weighted by Crippen LogP contribution is 2.25. The standard InChI is InChI=1S/C17H24N4O/c18-17(10-4-1-5-11-17)16(22)19-12-6-9-15-20-13-7-2-3-8-14(13)21-15/h2-3,7-8H,1,4-6,9-12,18H2,(H,19,22)(H,20,21). The largest absolute Gasteiger partial charge is 0.354 e. The van der Waals surface area contributed by atoms with Gasteiger partial charge in [0.2, 0.25) is 5.91 Å². The van der Waals surface area contributed by atoms with Crippen LogP contribution in [0.3, 0.4) is 0 Å². The van der Waals surface area contributed by atoms with Gasteiger partial charge in [-0.1, -0.05) is 31.4 Å². The molecule has 0 bridgehead atoms. The van der Waals surface area contributed by atoms with Crippen LogP contribution in [0, 0.1) is 0 Å². The molecule has 1 heterocycles. The lowest BCUT2D eigenvalue weighted by Gasteiger charge is -2.31. The van der Waals surface area contributed by atoms with Crippen molar-refractivity contribution in [1.29, 1.82) is 0 Å². The lowest BCUT2D eigenvalue weighted by atomic mass is 9.82. The van der Waals surface area contributed by atoms with Crippen molar-refractivity contribution in [2.75, 3.05) is 6.54 Å². The van der Waals surface area contributed by atoms with Crippen molar-refractivity contribution in [1.82, 2.24) is 15.3 Å². The van der Waals surface area contributed by atoms with Gasteiger partial charge in [0.1, 0.15) is 5.82 Å². The van der Waals surface area contributed by atoms with Crippen LogP contribution in [-0.4, -0.2) is 28.0 Å². The summed E-state index contributed by atoms with van der Waals surface area (Å²) in [7, 11) is 0. The van der Waals surface area contributed by atoms with Crippen LogP contribution in [0.2, 0.25) is 0 Å². The molecular formula is C17H24N4O. The maximum Gasteiger partial charge on any atom is 0.240 e. The first-order chi connectivity index (χ1) is 10.7. The number of carbonyl (C=O) groups is 1. The molecular weight excluding hydrogens is 276 g/mol. The van der Waals surface area contributed by atoms with Gasteiger partial charge < -0.3 is 16.0 Å². The van der Waals surface area contributed by atoms with E-state index in [1.54, 1.807) is 0 Å². The van der Waals surface area contributed by atoms with E-state index < -0.39 is 5.54 Å². The topological polar surface area (TPSA) is 83.8 Å². The molecule has 4 N–H and O–H groups in total. The first-order valence-corrected chi connectivity index (χ1v) is 8.18. The van der Waals surface area contributed by atoms with E-state index in [9.17, 15) is 4.79 Å². The highest BCUT2D eigenvalue weighted by molar-refractivity contribution is 5.86. The molecule has 1 saturated carbocycles. The predicted octanol–water partition coefficient (Wildman–Crippen LogP) is 2.27. The first-order valence-electron chi connectivity index (χ1n) is 8.18. The van der Waals surface area contributed by atoms with Gasteiger partial charge in [-0.05, 0) is 31.4 Å². The van der Waals surface area contributed by atoms with E-state index in [2.05, 4.69) is 15.3 Å². The van der Waals surface area contributed by atoms with Crippen LogP contribution in [0.1, 0.15) is 44.3 Å². The van der Waals surface area contributed by atoms with Crippen molar-refractivity contribution in [3.8, 4) is 0 Å². The maximum absolute atomic E-state index is 12.2. The number of nitrogens with one attached hydrogen (secondary N) is 2. The molecule has 2 aromatic rings. The number of hydrogen-bond acceptors (Lipinski definition) is 3. The van der Waals surface area contributed by atoms with Crippen LogP contribution in [-0.2, 0) is 11.2 Å². The lowest BCUT2D eigenvalue weighted by Crippen LogP contribution is -2.55. The Labute approximate surface area is 130 Å². The first kappa shape index (κ1) is 15.0. The van der Waals surface area contributed by atoms with E-state index in [-0.39, 0.29) is 5.91 Å². The minimum Gasteiger partial charge on any atom is -0.354 e. The number of benzene rings is 1. The Morgan fingerprint density at radius 2 is 2.05 bits per heavy atom. The van der Waals surface area contributed by atoms with E-state index in [1.807, 2.05) is 24.3 Å².